The summed E-state index contributed by atoms with van der Waals surface area (Å²) in [4.78, 5) is 15.5. The average Bonchev–Trinajstić information content (AvgIpc) is 2.48. The van der Waals surface area contributed by atoms with Crippen LogP contribution in [-0.4, -0.2) is 66.6 Å². The molecule has 1 saturated carbocycles. The van der Waals surface area contributed by atoms with Crippen LogP contribution in [0.3, 0.4) is 0 Å². The highest BCUT2D eigenvalue weighted by atomic mass is 32.2. The monoisotopic (exact) mass is 299 g/mol. The third-order valence-electron chi connectivity index (χ3n) is 4.63. The minimum atomic E-state index is 0.156. The van der Waals surface area contributed by atoms with Crippen molar-refractivity contribution < 1.29 is 4.79 Å². The van der Waals surface area contributed by atoms with E-state index in [1.54, 1.807) is 4.90 Å². The van der Waals surface area contributed by atoms with E-state index in [0.29, 0.717) is 12.1 Å². The number of likely N-dealkylation sites (tertiary alicyclic amines) is 1. The van der Waals surface area contributed by atoms with Gasteiger partial charge in [0.25, 0.3) is 0 Å². The Hall–Kier alpha value is -0.420. The second-order valence-corrected chi connectivity index (χ2v) is 7.45. The molecule has 4 nitrogen and oxygen atoms in total. The maximum absolute atomic E-state index is 11.9. The van der Waals surface area contributed by atoms with Crippen molar-refractivity contribution in [3.05, 3.63) is 0 Å². The van der Waals surface area contributed by atoms with E-state index in [9.17, 15) is 4.79 Å². The summed E-state index contributed by atoms with van der Waals surface area (Å²) in [5.41, 5.74) is 0. The summed E-state index contributed by atoms with van der Waals surface area (Å²) >= 11 is 2.02. The predicted molar refractivity (Wildman–Crippen MR) is 86.4 cm³/mol. The van der Waals surface area contributed by atoms with E-state index < -0.39 is 0 Å². The number of urea groups is 1. The zero-order valence-electron chi connectivity index (χ0n) is 13.1. The summed E-state index contributed by atoms with van der Waals surface area (Å²) in [7, 11) is 3.66. The predicted octanol–water partition coefficient (Wildman–Crippen LogP) is 2.40. The molecular formula is C15H29N3OS. The Morgan fingerprint density at radius 3 is 2.10 bits per heavy atom. The van der Waals surface area contributed by atoms with Gasteiger partial charge >= 0.3 is 6.03 Å². The van der Waals surface area contributed by atoms with Gasteiger partial charge in [-0.3, -0.25) is 0 Å². The quantitative estimate of drug-likeness (QED) is 0.869. The van der Waals surface area contributed by atoms with Gasteiger partial charge in [0.2, 0.25) is 0 Å². The summed E-state index contributed by atoms with van der Waals surface area (Å²) in [5, 5.41) is 4.71. The van der Waals surface area contributed by atoms with Crippen molar-refractivity contribution >= 4 is 17.8 Å². The number of thioether (sulfide) groups is 1. The number of hydrogen-bond acceptors (Lipinski definition) is 3. The molecule has 0 aromatic rings. The van der Waals surface area contributed by atoms with Crippen molar-refractivity contribution in [1.29, 1.82) is 0 Å². The van der Waals surface area contributed by atoms with Gasteiger partial charge in [-0.15, -0.1) is 0 Å². The second kappa shape index (κ2) is 7.55. The molecule has 1 aliphatic carbocycles. The number of rotatable bonds is 3. The van der Waals surface area contributed by atoms with E-state index in [0.717, 1.165) is 31.2 Å². The van der Waals surface area contributed by atoms with Crippen LogP contribution in [0.4, 0.5) is 4.79 Å². The number of nitrogens with zero attached hydrogens (tertiary/aromatic N) is 2. The van der Waals surface area contributed by atoms with Gasteiger partial charge in [0, 0.05) is 44.5 Å². The van der Waals surface area contributed by atoms with Crippen LogP contribution in [0.15, 0.2) is 0 Å². The number of nitrogens with one attached hydrogen (secondary N) is 1. The van der Waals surface area contributed by atoms with Crippen LogP contribution in [0.2, 0.25) is 0 Å². The van der Waals surface area contributed by atoms with Gasteiger partial charge in [0.1, 0.15) is 0 Å². The van der Waals surface area contributed by atoms with E-state index in [1.807, 2.05) is 30.8 Å². The van der Waals surface area contributed by atoms with Crippen molar-refractivity contribution in [3.8, 4) is 0 Å². The summed E-state index contributed by atoms with van der Waals surface area (Å²) < 4.78 is 0. The largest absolute Gasteiger partial charge is 0.331 e. The second-order valence-electron chi connectivity index (χ2n) is 6.31. The van der Waals surface area contributed by atoms with Gasteiger partial charge in [0.15, 0.2) is 0 Å². The third-order valence-corrected chi connectivity index (χ3v) is 5.77. The number of amides is 2. The molecule has 2 rings (SSSR count). The Morgan fingerprint density at radius 2 is 1.60 bits per heavy atom. The maximum Gasteiger partial charge on any atom is 0.319 e. The maximum atomic E-state index is 11.9. The summed E-state index contributed by atoms with van der Waals surface area (Å²) in [6.07, 6.45) is 9.79. The zero-order valence-corrected chi connectivity index (χ0v) is 13.9. The standard InChI is InChI=1S/C15H29N3OS/c1-17(2)15(19)18-10-8-13(9-11-18)16-12-4-6-14(20-3)7-5-12/h12-14,16H,4-11H2,1-3H3. The lowest BCUT2D eigenvalue weighted by molar-refractivity contribution is 0.149. The molecule has 1 aliphatic heterocycles. The molecule has 0 spiro atoms. The van der Waals surface area contributed by atoms with Crippen LogP contribution < -0.4 is 5.32 Å². The Morgan fingerprint density at radius 1 is 1.05 bits per heavy atom. The van der Waals surface area contributed by atoms with Crippen LogP contribution in [0, 0.1) is 0 Å². The van der Waals surface area contributed by atoms with Crippen LogP contribution in [0.1, 0.15) is 38.5 Å². The molecule has 2 fully saturated rings. The molecule has 20 heavy (non-hydrogen) atoms. The Balaban J connectivity index is 1.68. The van der Waals surface area contributed by atoms with Gasteiger partial charge in [-0.05, 0) is 44.8 Å². The Bertz CT molecular complexity index is 308. The van der Waals surface area contributed by atoms with Gasteiger partial charge in [-0.25, -0.2) is 4.79 Å². The molecule has 0 radical (unpaired) electrons. The Kier molecular flexibility index (Phi) is 6.02. The van der Waals surface area contributed by atoms with Crippen molar-refractivity contribution in [1.82, 2.24) is 15.1 Å². The molecule has 0 aromatic carbocycles. The van der Waals surface area contributed by atoms with Crippen molar-refractivity contribution in [2.24, 2.45) is 0 Å². The first-order valence-electron chi connectivity index (χ1n) is 7.85. The number of carbonyl (C=O) groups excluding carboxylic acids is 1. The summed E-state index contributed by atoms with van der Waals surface area (Å²) in [6.45, 7) is 1.80. The van der Waals surface area contributed by atoms with Crippen molar-refractivity contribution in [2.45, 2.75) is 55.9 Å². The molecule has 5 heteroatoms. The normalized spacial score (nSPS) is 28.4. The van der Waals surface area contributed by atoms with Gasteiger partial charge < -0.3 is 15.1 Å². The molecule has 2 amide bonds. The van der Waals surface area contributed by atoms with Crippen LogP contribution in [0.5, 0.6) is 0 Å². The first-order chi connectivity index (χ1) is 9.60. The minimum Gasteiger partial charge on any atom is -0.331 e. The molecule has 1 saturated heterocycles. The topological polar surface area (TPSA) is 35.6 Å². The smallest absolute Gasteiger partial charge is 0.319 e. The van der Waals surface area contributed by atoms with Gasteiger partial charge in [0.05, 0.1) is 0 Å². The molecular weight excluding hydrogens is 270 g/mol. The minimum absolute atomic E-state index is 0.156. The molecule has 2 aliphatic rings. The molecule has 0 unspecified atom stereocenters. The van der Waals surface area contributed by atoms with E-state index in [1.165, 1.54) is 25.7 Å². The molecule has 0 aromatic heterocycles. The van der Waals surface area contributed by atoms with E-state index in [-0.39, 0.29) is 6.03 Å². The van der Waals surface area contributed by atoms with Crippen molar-refractivity contribution in [3.63, 3.8) is 0 Å². The lowest BCUT2D eigenvalue weighted by Gasteiger charge is -2.37. The summed E-state index contributed by atoms with van der Waals surface area (Å²) in [5.74, 6) is 0. The molecule has 116 valence electrons. The van der Waals surface area contributed by atoms with E-state index in [2.05, 4.69) is 11.6 Å². The third kappa shape index (κ3) is 4.29. The summed E-state index contributed by atoms with van der Waals surface area (Å²) in [6, 6.07) is 1.47. The van der Waals surface area contributed by atoms with E-state index >= 15 is 0 Å². The average molecular weight is 299 g/mol. The molecule has 1 N–H and O–H groups in total. The van der Waals surface area contributed by atoms with Crippen LogP contribution in [-0.2, 0) is 0 Å². The highest BCUT2D eigenvalue weighted by Crippen LogP contribution is 2.27. The van der Waals surface area contributed by atoms with Gasteiger partial charge in [-0.2, -0.15) is 11.8 Å². The number of piperidine rings is 1. The highest BCUT2D eigenvalue weighted by Gasteiger charge is 2.27. The fraction of sp³-hybridized carbons (Fsp3) is 0.933. The zero-order chi connectivity index (χ0) is 14.5. The lowest BCUT2D eigenvalue weighted by Crippen LogP contribution is -2.50. The van der Waals surface area contributed by atoms with Gasteiger partial charge in [-0.1, -0.05) is 0 Å². The van der Waals surface area contributed by atoms with E-state index in [4.69, 9.17) is 0 Å². The lowest BCUT2D eigenvalue weighted by atomic mass is 9.93. The Labute approximate surface area is 127 Å². The van der Waals surface area contributed by atoms with Crippen molar-refractivity contribution in [2.75, 3.05) is 33.4 Å². The first-order valence-corrected chi connectivity index (χ1v) is 9.14. The highest BCUT2D eigenvalue weighted by molar-refractivity contribution is 7.99. The molecule has 0 atom stereocenters. The molecule has 1 heterocycles. The van der Waals surface area contributed by atoms with Crippen LogP contribution >= 0.6 is 11.8 Å². The molecule has 0 bridgehead atoms. The number of hydrogen-bond donors (Lipinski definition) is 1. The number of carbonyl (C=O) groups is 1. The SMILES string of the molecule is CSC1CCC(NC2CCN(C(=O)N(C)C)CC2)CC1. The fourth-order valence-corrected chi connectivity index (χ4v) is 4.06. The fourth-order valence-electron chi connectivity index (χ4n) is 3.32. The first kappa shape index (κ1) is 16.0. The van der Waals surface area contributed by atoms with Crippen LogP contribution in [0.25, 0.3) is 0 Å².